The summed E-state index contributed by atoms with van der Waals surface area (Å²) in [6.45, 7) is 1.49. The average Bonchev–Trinajstić information content (AvgIpc) is 3.38. The molecule has 2 atom stereocenters. The Hall–Kier alpha value is -2.51. The fourth-order valence-corrected chi connectivity index (χ4v) is 5.19. The Morgan fingerprint density at radius 2 is 2.00 bits per heavy atom. The van der Waals surface area contributed by atoms with Crippen LogP contribution in [0.1, 0.15) is 42.5 Å². The Balaban J connectivity index is 1.56. The first-order chi connectivity index (χ1) is 15.0. The molecule has 2 aliphatic heterocycles. The standard InChI is InChI=1S/C24H28N2O4S/c1-25(16-19-10-5-6-12-30-19)21(27)14-24(18-8-3-2-4-9-18)15-22(28)26(23(24)29)17-20-11-7-13-31-20/h2-4,7-9,11,13,19H,5-6,10,12,14-17H2,1H3/t19-,24+/m1/s1. The third-order valence-electron chi connectivity index (χ3n) is 6.26. The molecule has 31 heavy (non-hydrogen) atoms. The highest BCUT2D eigenvalue weighted by molar-refractivity contribution is 7.09. The van der Waals surface area contributed by atoms with Gasteiger partial charge in [0.2, 0.25) is 17.7 Å². The monoisotopic (exact) mass is 440 g/mol. The van der Waals surface area contributed by atoms with E-state index in [0.717, 1.165) is 36.3 Å². The number of benzene rings is 1. The van der Waals surface area contributed by atoms with Gasteiger partial charge in [0.15, 0.2) is 0 Å². The number of likely N-dealkylation sites (N-methyl/N-ethyl adjacent to an activating group) is 1. The van der Waals surface area contributed by atoms with E-state index in [4.69, 9.17) is 4.74 Å². The van der Waals surface area contributed by atoms with Crippen LogP contribution in [0, 0.1) is 0 Å². The average molecular weight is 441 g/mol. The van der Waals surface area contributed by atoms with E-state index in [2.05, 4.69) is 0 Å². The fraction of sp³-hybridized carbons (Fsp3) is 0.458. The molecular weight excluding hydrogens is 412 g/mol. The lowest BCUT2D eigenvalue weighted by molar-refractivity contribution is -0.143. The maximum Gasteiger partial charge on any atom is 0.241 e. The summed E-state index contributed by atoms with van der Waals surface area (Å²) in [5.74, 6) is -0.654. The lowest BCUT2D eigenvalue weighted by atomic mass is 9.75. The van der Waals surface area contributed by atoms with Gasteiger partial charge < -0.3 is 9.64 Å². The van der Waals surface area contributed by atoms with Crippen molar-refractivity contribution in [3.8, 4) is 0 Å². The Labute approximate surface area is 186 Å². The molecule has 0 N–H and O–H groups in total. The summed E-state index contributed by atoms with van der Waals surface area (Å²) >= 11 is 1.51. The van der Waals surface area contributed by atoms with Crippen molar-refractivity contribution >= 4 is 29.1 Å². The quantitative estimate of drug-likeness (QED) is 0.619. The molecule has 3 heterocycles. The predicted octanol–water partition coefficient (Wildman–Crippen LogP) is 3.36. The number of hydrogen-bond donors (Lipinski definition) is 0. The molecule has 7 heteroatoms. The van der Waals surface area contributed by atoms with Crippen molar-refractivity contribution in [2.75, 3.05) is 20.2 Å². The van der Waals surface area contributed by atoms with Crippen LogP contribution in [0.15, 0.2) is 47.8 Å². The third-order valence-corrected chi connectivity index (χ3v) is 7.12. The molecule has 4 rings (SSSR count). The first-order valence-corrected chi connectivity index (χ1v) is 11.7. The number of amides is 3. The van der Waals surface area contributed by atoms with Gasteiger partial charge in [-0.25, -0.2) is 0 Å². The summed E-state index contributed by atoms with van der Waals surface area (Å²) in [6.07, 6.45) is 3.12. The molecule has 0 aliphatic carbocycles. The van der Waals surface area contributed by atoms with Crippen molar-refractivity contribution in [1.29, 1.82) is 0 Å². The van der Waals surface area contributed by atoms with Gasteiger partial charge in [0, 0.05) is 37.9 Å². The lowest BCUT2D eigenvalue weighted by Gasteiger charge is -2.31. The minimum atomic E-state index is -1.16. The van der Waals surface area contributed by atoms with Gasteiger partial charge in [0.1, 0.15) is 0 Å². The van der Waals surface area contributed by atoms with Gasteiger partial charge in [0.05, 0.1) is 18.1 Å². The maximum atomic E-state index is 13.6. The molecule has 6 nitrogen and oxygen atoms in total. The zero-order valence-electron chi connectivity index (χ0n) is 17.8. The number of nitrogens with zero attached hydrogens (tertiary/aromatic N) is 2. The largest absolute Gasteiger partial charge is 0.376 e. The Kier molecular flexibility index (Phi) is 6.53. The van der Waals surface area contributed by atoms with Crippen molar-refractivity contribution in [3.05, 3.63) is 58.3 Å². The zero-order valence-corrected chi connectivity index (χ0v) is 18.6. The number of likely N-dealkylation sites (tertiary alicyclic amines) is 1. The van der Waals surface area contributed by atoms with Gasteiger partial charge in [-0.3, -0.25) is 19.3 Å². The van der Waals surface area contributed by atoms with Crippen LogP contribution in [-0.2, 0) is 31.1 Å². The molecule has 3 amide bonds. The van der Waals surface area contributed by atoms with Gasteiger partial charge in [0.25, 0.3) is 0 Å². The summed E-state index contributed by atoms with van der Waals surface area (Å²) in [5, 5.41) is 1.93. The zero-order chi connectivity index (χ0) is 21.8. The maximum absolute atomic E-state index is 13.6. The molecule has 1 aromatic heterocycles. The predicted molar refractivity (Wildman–Crippen MR) is 118 cm³/mol. The van der Waals surface area contributed by atoms with Crippen LogP contribution in [0.2, 0.25) is 0 Å². The molecule has 0 radical (unpaired) electrons. The number of rotatable bonds is 7. The van der Waals surface area contributed by atoms with E-state index in [1.807, 2.05) is 47.8 Å². The molecule has 2 saturated heterocycles. The normalized spacial score (nSPS) is 23.9. The van der Waals surface area contributed by atoms with Crippen LogP contribution >= 0.6 is 11.3 Å². The molecule has 164 valence electrons. The fourth-order valence-electron chi connectivity index (χ4n) is 4.49. The molecule has 0 spiro atoms. The molecule has 2 aliphatic rings. The van der Waals surface area contributed by atoms with Gasteiger partial charge in [-0.05, 0) is 36.3 Å². The molecule has 0 unspecified atom stereocenters. The van der Waals surface area contributed by atoms with E-state index < -0.39 is 5.41 Å². The van der Waals surface area contributed by atoms with Crippen LogP contribution < -0.4 is 0 Å². The minimum Gasteiger partial charge on any atom is -0.376 e. The van der Waals surface area contributed by atoms with E-state index in [1.165, 1.54) is 16.2 Å². The van der Waals surface area contributed by atoms with Crippen LogP contribution in [0.5, 0.6) is 0 Å². The van der Waals surface area contributed by atoms with E-state index in [0.29, 0.717) is 6.54 Å². The summed E-state index contributed by atoms with van der Waals surface area (Å²) in [6, 6.07) is 13.1. The highest BCUT2D eigenvalue weighted by atomic mass is 32.1. The minimum absolute atomic E-state index is 0.0146. The lowest BCUT2D eigenvalue weighted by Crippen LogP contribution is -2.44. The second-order valence-corrected chi connectivity index (χ2v) is 9.46. The second-order valence-electron chi connectivity index (χ2n) is 8.43. The number of ether oxygens (including phenoxy) is 1. The Morgan fingerprint density at radius 3 is 2.68 bits per heavy atom. The molecule has 0 bridgehead atoms. The second kappa shape index (κ2) is 9.32. The van der Waals surface area contributed by atoms with Crippen molar-refractivity contribution < 1.29 is 19.1 Å². The van der Waals surface area contributed by atoms with Crippen LogP contribution in [0.3, 0.4) is 0 Å². The van der Waals surface area contributed by atoms with Gasteiger partial charge in [-0.2, -0.15) is 0 Å². The van der Waals surface area contributed by atoms with Crippen molar-refractivity contribution in [2.24, 2.45) is 0 Å². The molecule has 2 aromatic rings. The topological polar surface area (TPSA) is 66.9 Å². The van der Waals surface area contributed by atoms with Crippen molar-refractivity contribution in [3.63, 3.8) is 0 Å². The van der Waals surface area contributed by atoms with Crippen LogP contribution in [0.25, 0.3) is 0 Å². The number of carbonyl (C=O) groups is 3. The number of hydrogen-bond acceptors (Lipinski definition) is 5. The first kappa shape index (κ1) is 21.7. The molecule has 1 aromatic carbocycles. The molecule has 0 saturated carbocycles. The number of thiophene rings is 1. The Bertz CT molecular complexity index is 924. The summed E-state index contributed by atoms with van der Waals surface area (Å²) in [4.78, 5) is 43.7. The number of imide groups is 1. The summed E-state index contributed by atoms with van der Waals surface area (Å²) in [7, 11) is 1.75. The van der Waals surface area contributed by atoms with Gasteiger partial charge in [-0.1, -0.05) is 36.4 Å². The molecule has 2 fully saturated rings. The van der Waals surface area contributed by atoms with E-state index in [1.54, 1.807) is 11.9 Å². The van der Waals surface area contributed by atoms with E-state index in [-0.39, 0.29) is 43.2 Å². The number of carbonyl (C=O) groups excluding carboxylic acids is 3. The summed E-state index contributed by atoms with van der Waals surface area (Å²) in [5.41, 5.74) is -0.438. The van der Waals surface area contributed by atoms with Gasteiger partial charge in [-0.15, -0.1) is 11.3 Å². The van der Waals surface area contributed by atoms with Crippen LogP contribution in [-0.4, -0.2) is 53.8 Å². The van der Waals surface area contributed by atoms with Crippen molar-refractivity contribution in [1.82, 2.24) is 9.80 Å². The van der Waals surface area contributed by atoms with Crippen molar-refractivity contribution in [2.45, 2.75) is 50.2 Å². The van der Waals surface area contributed by atoms with E-state index in [9.17, 15) is 14.4 Å². The van der Waals surface area contributed by atoms with Crippen LogP contribution in [0.4, 0.5) is 0 Å². The van der Waals surface area contributed by atoms with E-state index >= 15 is 0 Å². The third kappa shape index (κ3) is 4.57. The highest BCUT2D eigenvalue weighted by Crippen LogP contribution is 2.41. The SMILES string of the molecule is CN(C[C@H]1CCCCO1)C(=O)C[C@@]1(c2ccccc2)CC(=O)N(Cc2cccs2)C1=O. The Morgan fingerprint density at radius 1 is 1.19 bits per heavy atom. The smallest absolute Gasteiger partial charge is 0.241 e. The highest BCUT2D eigenvalue weighted by Gasteiger charge is 2.54. The summed E-state index contributed by atoms with van der Waals surface area (Å²) < 4.78 is 5.77. The first-order valence-electron chi connectivity index (χ1n) is 10.8. The van der Waals surface area contributed by atoms with Gasteiger partial charge >= 0.3 is 0 Å². The molecular formula is C24H28N2O4S.